The summed E-state index contributed by atoms with van der Waals surface area (Å²) in [5, 5.41) is 1.85. The van der Waals surface area contributed by atoms with Crippen LogP contribution in [0.4, 0.5) is 5.69 Å². The van der Waals surface area contributed by atoms with Crippen molar-refractivity contribution in [3.05, 3.63) is 40.8 Å². The first-order chi connectivity index (χ1) is 5.27. The molecule has 0 unspecified atom stereocenters. The van der Waals surface area contributed by atoms with Crippen molar-refractivity contribution in [1.82, 2.24) is 0 Å². The van der Waals surface area contributed by atoms with Crippen molar-refractivity contribution in [2.75, 3.05) is 0 Å². The first kappa shape index (κ1) is 7.66. The first-order valence-electron chi connectivity index (χ1n) is 3.39. The lowest BCUT2D eigenvalue weighted by molar-refractivity contribution is -0.379. The third-order valence-corrected chi connectivity index (χ3v) is 1.54. The second-order valence-corrected chi connectivity index (χ2v) is 2.40. The van der Waals surface area contributed by atoms with Gasteiger partial charge in [0.25, 0.3) is 5.69 Å². The summed E-state index contributed by atoms with van der Waals surface area (Å²) in [6, 6.07) is 5.54. The molecule has 0 atom stereocenters. The van der Waals surface area contributed by atoms with E-state index in [2.05, 4.69) is 6.58 Å². The highest BCUT2D eigenvalue weighted by Gasteiger charge is 2.03. The van der Waals surface area contributed by atoms with Gasteiger partial charge in [-0.2, -0.15) is 0 Å². The largest absolute Gasteiger partial charge is 0.260 e. The molecule has 0 amide bonds. The third kappa shape index (κ3) is 1.52. The Morgan fingerprint density at radius 2 is 2.27 bits per heavy atom. The molecular weight excluding hydrogens is 138 g/mol. The number of aryl methyl sites for hydroxylation is 1. The Morgan fingerprint density at radius 3 is 2.82 bits per heavy atom. The molecule has 1 rings (SSSR count). The van der Waals surface area contributed by atoms with E-state index in [0.29, 0.717) is 5.69 Å². The molecule has 0 aromatic heterocycles. The predicted molar refractivity (Wildman–Crippen MR) is 45.3 cm³/mol. The van der Waals surface area contributed by atoms with Crippen molar-refractivity contribution in [2.45, 2.75) is 6.92 Å². The van der Waals surface area contributed by atoms with Crippen LogP contribution in [-0.2, 0) is 0 Å². The first-order valence-corrected chi connectivity index (χ1v) is 3.39. The average molecular weight is 148 g/mol. The predicted octanol–water partition coefficient (Wildman–Crippen LogP) is 1.12. The Hall–Kier alpha value is -1.44. The summed E-state index contributed by atoms with van der Waals surface area (Å²) in [4.78, 5) is 10.3. The molecule has 0 aliphatic heterocycles. The van der Waals surface area contributed by atoms with E-state index in [1.807, 2.05) is 24.2 Å². The summed E-state index contributed by atoms with van der Waals surface area (Å²) in [5.41, 5.74) is 2.55. The van der Waals surface area contributed by atoms with Gasteiger partial charge in [0.05, 0.1) is 5.56 Å². The van der Waals surface area contributed by atoms with E-state index < -0.39 is 0 Å². The van der Waals surface area contributed by atoms with E-state index in [-0.39, 0.29) is 0 Å². The van der Waals surface area contributed by atoms with Crippen LogP contribution < -0.4 is 5.18 Å². The molecular formula is C9H10NO+. The number of hydrogen-bond acceptors (Lipinski definition) is 1. The Morgan fingerprint density at radius 1 is 1.55 bits per heavy atom. The van der Waals surface area contributed by atoms with Gasteiger partial charge in [-0.3, -0.25) is 0 Å². The van der Waals surface area contributed by atoms with Crippen LogP contribution in [0, 0.1) is 11.8 Å². The number of rotatable bonds is 2. The van der Waals surface area contributed by atoms with E-state index in [4.69, 9.17) is 0 Å². The highest BCUT2D eigenvalue weighted by molar-refractivity contribution is 5.59. The van der Waals surface area contributed by atoms with Gasteiger partial charge in [0, 0.05) is 16.2 Å². The van der Waals surface area contributed by atoms with Crippen LogP contribution >= 0.6 is 0 Å². The zero-order chi connectivity index (χ0) is 8.27. The van der Waals surface area contributed by atoms with Crippen LogP contribution in [0.1, 0.15) is 11.1 Å². The molecule has 0 saturated heterocycles. The Labute approximate surface area is 65.5 Å². The van der Waals surface area contributed by atoms with Gasteiger partial charge in [0.15, 0.2) is 0 Å². The number of nitroso groups, excluding NO2 is 1. The topological polar surface area (TPSA) is 31.0 Å². The maximum Gasteiger partial charge on any atom is 0.260 e. The van der Waals surface area contributed by atoms with E-state index in [0.717, 1.165) is 11.1 Å². The third-order valence-electron chi connectivity index (χ3n) is 1.54. The van der Waals surface area contributed by atoms with Crippen molar-refractivity contribution in [3.8, 4) is 0 Å². The minimum atomic E-state index is 0.575. The molecule has 0 radical (unpaired) electrons. The van der Waals surface area contributed by atoms with Crippen LogP contribution in [0.3, 0.4) is 0 Å². The van der Waals surface area contributed by atoms with Gasteiger partial charge in [0.2, 0.25) is 0 Å². The van der Waals surface area contributed by atoms with Gasteiger partial charge < -0.3 is 0 Å². The zero-order valence-electron chi connectivity index (χ0n) is 6.42. The van der Waals surface area contributed by atoms with Gasteiger partial charge >= 0.3 is 0 Å². The number of benzene rings is 1. The summed E-state index contributed by atoms with van der Waals surface area (Å²) in [5.74, 6) is 0. The Bertz CT molecular complexity index is 292. The lowest BCUT2D eigenvalue weighted by atomic mass is 10.1. The summed E-state index contributed by atoms with van der Waals surface area (Å²) in [7, 11) is 0. The normalized spacial score (nSPS) is 9.18. The van der Waals surface area contributed by atoms with Crippen LogP contribution in [0.25, 0.3) is 6.08 Å². The summed E-state index contributed by atoms with van der Waals surface area (Å²) >= 11 is 0. The van der Waals surface area contributed by atoms with Gasteiger partial charge in [-0.05, 0) is 13.0 Å². The van der Waals surface area contributed by atoms with Gasteiger partial charge in [-0.1, -0.05) is 24.3 Å². The van der Waals surface area contributed by atoms with Crippen molar-refractivity contribution in [2.24, 2.45) is 0 Å². The Kier molecular flexibility index (Phi) is 2.16. The standard InChI is InChI=1S/C9H9NO/c1-3-8-6-7(2)4-5-9(8)10-11/h3-6H,1H2,2H3/p+1. The minimum absolute atomic E-state index is 0.575. The van der Waals surface area contributed by atoms with Crippen LogP contribution in [0.5, 0.6) is 0 Å². The zero-order valence-corrected chi connectivity index (χ0v) is 6.42. The molecule has 0 aliphatic carbocycles. The molecule has 0 fully saturated rings. The molecule has 56 valence electrons. The minimum Gasteiger partial charge on any atom is -0.0982 e. The molecule has 1 N–H and O–H groups in total. The van der Waals surface area contributed by atoms with Crippen molar-refractivity contribution < 1.29 is 5.18 Å². The van der Waals surface area contributed by atoms with E-state index >= 15 is 0 Å². The van der Waals surface area contributed by atoms with E-state index in [9.17, 15) is 4.91 Å². The van der Waals surface area contributed by atoms with Crippen molar-refractivity contribution in [1.29, 1.82) is 0 Å². The Balaban J connectivity index is 3.26. The van der Waals surface area contributed by atoms with Crippen molar-refractivity contribution in [3.63, 3.8) is 0 Å². The lowest BCUT2D eigenvalue weighted by Gasteiger charge is -1.93. The molecule has 0 saturated carbocycles. The highest BCUT2D eigenvalue weighted by Crippen LogP contribution is 2.12. The van der Waals surface area contributed by atoms with Gasteiger partial charge in [0.1, 0.15) is 0 Å². The summed E-state index contributed by atoms with van der Waals surface area (Å²) < 4.78 is 0. The molecule has 1 aromatic rings. The highest BCUT2D eigenvalue weighted by atomic mass is 16.3. The van der Waals surface area contributed by atoms with Crippen LogP contribution in [-0.4, -0.2) is 0 Å². The fraction of sp³-hybridized carbons (Fsp3) is 0.111. The van der Waals surface area contributed by atoms with Crippen LogP contribution in [0.2, 0.25) is 0 Å². The van der Waals surface area contributed by atoms with Gasteiger partial charge in [-0.25, -0.2) is 0 Å². The second-order valence-electron chi connectivity index (χ2n) is 2.40. The molecule has 0 aliphatic rings. The van der Waals surface area contributed by atoms with Gasteiger partial charge in [-0.15, -0.1) is 0 Å². The maximum absolute atomic E-state index is 10.3. The van der Waals surface area contributed by atoms with Crippen LogP contribution in [0.15, 0.2) is 24.8 Å². The fourth-order valence-corrected chi connectivity index (χ4v) is 0.944. The van der Waals surface area contributed by atoms with Crippen molar-refractivity contribution >= 4 is 11.8 Å². The maximum atomic E-state index is 10.3. The molecule has 2 nitrogen and oxygen atoms in total. The van der Waals surface area contributed by atoms with E-state index in [1.54, 1.807) is 12.1 Å². The molecule has 11 heavy (non-hydrogen) atoms. The average Bonchev–Trinajstić information content (AvgIpc) is 2.04. The molecule has 2 heteroatoms. The number of nitrogens with one attached hydrogen (secondary N) is 1. The monoisotopic (exact) mass is 148 g/mol. The number of hydrogen-bond donors (Lipinski definition) is 1. The lowest BCUT2D eigenvalue weighted by Crippen LogP contribution is -2.56. The fourth-order valence-electron chi connectivity index (χ4n) is 0.944. The second kappa shape index (κ2) is 3.10. The molecule has 0 bridgehead atoms. The molecule has 0 heterocycles. The SMILES string of the molecule is C=Cc1cc(C)ccc1[NH+]=O. The summed E-state index contributed by atoms with van der Waals surface area (Å²) in [6.07, 6.45) is 1.66. The quantitative estimate of drug-likeness (QED) is 0.669. The van der Waals surface area contributed by atoms with E-state index in [1.165, 1.54) is 0 Å². The molecule has 0 spiro atoms. The smallest absolute Gasteiger partial charge is 0.0982 e. The molecule has 1 aromatic carbocycles. The summed E-state index contributed by atoms with van der Waals surface area (Å²) in [6.45, 7) is 5.58.